The smallest absolute Gasteiger partial charge is 0.237 e. The fourth-order valence-corrected chi connectivity index (χ4v) is 4.38. The zero-order valence-electron chi connectivity index (χ0n) is 16.8. The van der Waals surface area contributed by atoms with Crippen LogP contribution in [0.3, 0.4) is 0 Å². The van der Waals surface area contributed by atoms with E-state index in [0.717, 1.165) is 51.3 Å². The molecule has 0 aliphatic carbocycles. The Morgan fingerprint density at radius 3 is 2.89 bits per heavy atom. The van der Waals surface area contributed by atoms with E-state index in [2.05, 4.69) is 38.3 Å². The molecule has 1 aromatic carbocycles. The number of nitrogens with one attached hydrogen (secondary N) is 2. The van der Waals surface area contributed by atoms with E-state index < -0.39 is 0 Å². The van der Waals surface area contributed by atoms with Gasteiger partial charge in [0.15, 0.2) is 0 Å². The molecule has 3 heterocycles. The third-order valence-electron chi connectivity index (χ3n) is 6.19. The summed E-state index contributed by atoms with van der Waals surface area (Å²) in [5.74, 6) is 0.132. The Bertz CT molecular complexity index is 776. The van der Waals surface area contributed by atoms with Crippen molar-refractivity contribution in [3.8, 4) is 0 Å². The van der Waals surface area contributed by atoms with Gasteiger partial charge in [0.2, 0.25) is 5.91 Å². The van der Waals surface area contributed by atoms with Gasteiger partial charge in [-0.1, -0.05) is 18.2 Å². The number of aromatic amines is 1. The maximum atomic E-state index is 12.6. The topological polar surface area (TPSA) is 60.6 Å². The molecule has 2 atom stereocenters. The molecule has 1 aromatic heterocycles. The Balaban J connectivity index is 1.19. The van der Waals surface area contributed by atoms with Crippen molar-refractivity contribution in [1.29, 1.82) is 0 Å². The van der Waals surface area contributed by atoms with Gasteiger partial charge in [-0.15, -0.1) is 0 Å². The Morgan fingerprint density at radius 2 is 2.11 bits per heavy atom. The quantitative estimate of drug-likeness (QED) is 0.767. The van der Waals surface area contributed by atoms with Gasteiger partial charge in [0.05, 0.1) is 12.1 Å². The largest absolute Gasteiger partial charge is 0.377 e. The summed E-state index contributed by atoms with van der Waals surface area (Å²) in [7, 11) is 0. The molecule has 0 saturated carbocycles. The van der Waals surface area contributed by atoms with Gasteiger partial charge in [-0.05, 0) is 37.8 Å². The Labute approximate surface area is 167 Å². The number of hydrogen-bond acceptors (Lipinski definition) is 4. The summed E-state index contributed by atoms with van der Waals surface area (Å²) in [5.41, 5.74) is 2.41. The molecule has 2 saturated heterocycles. The predicted molar refractivity (Wildman–Crippen MR) is 111 cm³/mol. The molecule has 2 aromatic rings. The number of H-pyrrole nitrogens is 1. The first-order valence-corrected chi connectivity index (χ1v) is 10.6. The molecule has 0 spiro atoms. The van der Waals surface area contributed by atoms with Crippen LogP contribution in [-0.4, -0.2) is 78.7 Å². The fraction of sp³-hybridized carbons (Fsp3) is 0.591. The van der Waals surface area contributed by atoms with Crippen LogP contribution in [0.4, 0.5) is 0 Å². The minimum absolute atomic E-state index is 0.0761. The van der Waals surface area contributed by atoms with Gasteiger partial charge in [-0.3, -0.25) is 14.6 Å². The molecule has 2 fully saturated rings. The highest BCUT2D eigenvalue weighted by Crippen LogP contribution is 2.18. The monoisotopic (exact) mass is 384 g/mol. The van der Waals surface area contributed by atoms with Gasteiger partial charge in [0.1, 0.15) is 0 Å². The first-order chi connectivity index (χ1) is 13.7. The lowest BCUT2D eigenvalue weighted by atomic mass is 10.1. The fourth-order valence-electron chi connectivity index (χ4n) is 4.38. The molecule has 2 aliphatic rings. The molecule has 1 amide bonds. The second-order valence-electron chi connectivity index (χ2n) is 8.05. The Morgan fingerprint density at radius 1 is 1.29 bits per heavy atom. The third kappa shape index (κ3) is 4.57. The third-order valence-corrected chi connectivity index (χ3v) is 6.19. The molecule has 2 unspecified atom stereocenters. The SMILES string of the molecule is CC(C(=O)NCCc1c[nH]c2ccccc12)N1CCN(CC2CCCO2)CC1. The van der Waals surface area contributed by atoms with Gasteiger partial charge in [0, 0.05) is 63.0 Å². The van der Waals surface area contributed by atoms with Crippen LogP contribution in [-0.2, 0) is 16.0 Å². The van der Waals surface area contributed by atoms with E-state index in [-0.39, 0.29) is 11.9 Å². The van der Waals surface area contributed by atoms with Crippen molar-refractivity contribution >= 4 is 16.8 Å². The highest BCUT2D eigenvalue weighted by molar-refractivity contribution is 5.83. The first kappa shape index (κ1) is 19.4. The van der Waals surface area contributed by atoms with E-state index in [1.807, 2.05) is 19.2 Å². The molecule has 152 valence electrons. The van der Waals surface area contributed by atoms with Gasteiger partial charge >= 0.3 is 0 Å². The number of benzene rings is 1. The zero-order chi connectivity index (χ0) is 19.3. The first-order valence-electron chi connectivity index (χ1n) is 10.6. The van der Waals surface area contributed by atoms with E-state index in [1.54, 1.807) is 0 Å². The molecule has 2 aliphatic heterocycles. The minimum Gasteiger partial charge on any atom is -0.377 e. The molecule has 6 nitrogen and oxygen atoms in total. The van der Waals surface area contributed by atoms with Crippen LogP contribution in [0.1, 0.15) is 25.3 Å². The van der Waals surface area contributed by atoms with Crippen molar-refractivity contribution in [3.63, 3.8) is 0 Å². The van der Waals surface area contributed by atoms with E-state index in [9.17, 15) is 4.79 Å². The zero-order valence-corrected chi connectivity index (χ0v) is 16.8. The number of fused-ring (bicyclic) bond motifs is 1. The lowest BCUT2D eigenvalue weighted by Crippen LogP contribution is -2.54. The normalized spacial score (nSPS) is 22.5. The van der Waals surface area contributed by atoms with Crippen LogP contribution in [0.2, 0.25) is 0 Å². The van der Waals surface area contributed by atoms with E-state index >= 15 is 0 Å². The summed E-state index contributed by atoms with van der Waals surface area (Å²) < 4.78 is 5.75. The second kappa shape index (κ2) is 9.07. The van der Waals surface area contributed by atoms with Crippen LogP contribution in [0.25, 0.3) is 10.9 Å². The Hall–Kier alpha value is -1.89. The maximum absolute atomic E-state index is 12.6. The van der Waals surface area contributed by atoms with Crippen LogP contribution >= 0.6 is 0 Å². The number of ether oxygens (including phenoxy) is 1. The summed E-state index contributed by atoms with van der Waals surface area (Å²) in [4.78, 5) is 20.7. The van der Waals surface area contributed by atoms with Gasteiger partial charge in [0.25, 0.3) is 0 Å². The number of nitrogens with zero attached hydrogens (tertiary/aromatic N) is 2. The minimum atomic E-state index is -0.0761. The van der Waals surface area contributed by atoms with Crippen molar-refractivity contribution in [3.05, 3.63) is 36.0 Å². The number of rotatable bonds is 7. The van der Waals surface area contributed by atoms with Gasteiger partial charge in [-0.2, -0.15) is 0 Å². The second-order valence-corrected chi connectivity index (χ2v) is 8.05. The number of aromatic nitrogens is 1. The van der Waals surface area contributed by atoms with Crippen molar-refractivity contribution < 1.29 is 9.53 Å². The number of para-hydroxylation sites is 1. The van der Waals surface area contributed by atoms with Gasteiger partial charge in [-0.25, -0.2) is 0 Å². The molecule has 0 radical (unpaired) electrons. The van der Waals surface area contributed by atoms with Gasteiger partial charge < -0.3 is 15.0 Å². The van der Waals surface area contributed by atoms with Crippen LogP contribution in [0.5, 0.6) is 0 Å². The highest BCUT2D eigenvalue weighted by atomic mass is 16.5. The molecule has 4 rings (SSSR count). The van der Waals surface area contributed by atoms with E-state index in [0.29, 0.717) is 12.6 Å². The van der Waals surface area contributed by atoms with E-state index in [1.165, 1.54) is 23.8 Å². The lowest BCUT2D eigenvalue weighted by Gasteiger charge is -2.38. The van der Waals surface area contributed by atoms with Crippen LogP contribution in [0.15, 0.2) is 30.5 Å². The number of amides is 1. The molecular formula is C22H32N4O2. The number of carbonyl (C=O) groups excluding carboxylic acids is 1. The predicted octanol–water partition coefficient (Wildman–Crippen LogP) is 2.01. The standard InChI is InChI=1S/C22H32N4O2/c1-17(26-12-10-25(11-13-26)16-19-5-4-14-28-19)22(27)23-9-8-18-15-24-21-7-3-2-6-20(18)21/h2-3,6-7,15,17,19,24H,4-5,8-14,16H2,1H3,(H,23,27). The summed E-state index contributed by atoms with van der Waals surface area (Å²) in [6.07, 6.45) is 5.69. The molecular weight excluding hydrogens is 352 g/mol. The van der Waals surface area contributed by atoms with E-state index in [4.69, 9.17) is 4.74 Å². The molecule has 6 heteroatoms. The average molecular weight is 385 g/mol. The average Bonchev–Trinajstić information content (AvgIpc) is 3.38. The summed E-state index contributed by atoms with van der Waals surface area (Å²) in [5, 5.41) is 4.37. The number of hydrogen-bond donors (Lipinski definition) is 2. The van der Waals surface area contributed by atoms with Crippen molar-refractivity contribution in [2.24, 2.45) is 0 Å². The molecule has 2 N–H and O–H groups in total. The highest BCUT2D eigenvalue weighted by Gasteiger charge is 2.27. The Kier molecular flexibility index (Phi) is 6.29. The van der Waals surface area contributed by atoms with Crippen LogP contribution < -0.4 is 5.32 Å². The summed E-state index contributed by atoms with van der Waals surface area (Å²) in [6.45, 7) is 8.59. The summed E-state index contributed by atoms with van der Waals surface area (Å²) >= 11 is 0. The molecule has 0 bridgehead atoms. The van der Waals surface area contributed by atoms with Crippen molar-refractivity contribution in [2.45, 2.75) is 38.3 Å². The molecule has 28 heavy (non-hydrogen) atoms. The van der Waals surface area contributed by atoms with Crippen molar-refractivity contribution in [2.75, 3.05) is 45.9 Å². The number of piperazine rings is 1. The lowest BCUT2D eigenvalue weighted by molar-refractivity contribution is -0.126. The summed E-state index contributed by atoms with van der Waals surface area (Å²) in [6, 6.07) is 8.22. The van der Waals surface area contributed by atoms with Crippen molar-refractivity contribution in [1.82, 2.24) is 20.1 Å². The number of carbonyl (C=O) groups is 1. The van der Waals surface area contributed by atoms with Crippen LogP contribution in [0, 0.1) is 0 Å². The maximum Gasteiger partial charge on any atom is 0.237 e.